The Labute approximate surface area is 120 Å². The largest absolute Gasteiger partial charge is 0.383 e. The van der Waals surface area contributed by atoms with E-state index < -0.39 is 0 Å². The highest BCUT2D eigenvalue weighted by atomic mass is 35.5. The number of ether oxygens (including phenoxy) is 1. The summed E-state index contributed by atoms with van der Waals surface area (Å²) in [6, 6.07) is 6.19. The minimum Gasteiger partial charge on any atom is -0.383 e. The smallest absolute Gasteiger partial charge is 0.0587 e. The van der Waals surface area contributed by atoms with Gasteiger partial charge in [0.1, 0.15) is 0 Å². The molecule has 1 fully saturated rings. The van der Waals surface area contributed by atoms with Crippen LogP contribution in [-0.2, 0) is 11.3 Å². The normalized spacial score (nSPS) is 19.1. The summed E-state index contributed by atoms with van der Waals surface area (Å²) in [5, 5.41) is 4.22. The summed E-state index contributed by atoms with van der Waals surface area (Å²) in [7, 11) is 1.72. The minimum atomic E-state index is 0.740. The standard InChI is InChI=1S/C15H23ClN2O/c1-12-5-7-18(11-12)15-9-14(16)4-3-13(15)10-17-6-8-19-2/h3-4,9,12,17H,5-8,10-11H2,1-2H3. The predicted molar refractivity (Wildman–Crippen MR) is 81.0 cm³/mol. The summed E-state index contributed by atoms with van der Waals surface area (Å²) in [6.07, 6.45) is 1.27. The molecule has 1 aromatic carbocycles. The van der Waals surface area contributed by atoms with Gasteiger partial charge >= 0.3 is 0 Å². The molecule has 106 valence electrons. The molecule has 0 aromatic heterocycles. The third-order valence-corrected chi connectivity index (χ3v) is 3.85. The summed E-state index contributed by atoms with van der Waals surface area (Å²) in [5.41, 5.74) is 2.59. The third-order valence-electron chi connectivity index (χ3n) is 3.61. The van der Waals surface area contributed by atoms with Crippen molar-refractivity contribution in [2.75, 3.05) is 38.3 Å². The Balaban J connectivity index is 2.05. The molecule has 1 aliphatic heterocycles. The number of anilines is 1. The third kappa shape index (κ3) is 4.10. The van der Waals surface area contributed by atoms with Crippen LogP contribution in [0.2, 0.25) is 5.02 Å². The van der Waals surface area contributed by atoms with Crippen LogP contribution in [0.4, 0.5) is 5.69 Å². The Morgan fingerprint density at radius 2 is 2.32 bits per heavy atom. The summed E-state index contributed by atoms with van der Waals surface area (Å²) in [4.78, 5) is 2.45. The Morgan fingerprint density at radius 3 is 3.00 bits per heavy atom. The van der Waals surface area contributed by atoms with Gasteiger partial charge in [0, 0.05) is 44.0 Å². The Bertz CT molecular complexity index is 411. The fourth-order valence-corrected chi connectivity index (χ4v) is 2.70. The number of halogens is 1. The van der Waals surface area contributed by atoms with Crippen LogP contribution in [-0.4, -0.2) is 33.4 Å². The number of rotatable bonds is 6. The molecule has 0 amide bonds. The van der Waals surface area contributed by atoms with Crippen LogP contribution in [0.15, 0.2) is 18.2 Å². The van der Waals surface area contributed by atoms with Crippen LogP contribution in [0.25, 0.3) is 0 Å². The van der Waals surface area contributed by atoms with Gasteiger partial charge in [-0.05, 0) is 30.0 Å². The van der Waals surface area contributed by atoms with Gasteiger partial charge in [-0.25, -0.2) is 0 Å². The highest BCUT2D eigenvalue weighted by Crippen LogP contribution is 2.29. The van der Waals surface area contributed by atoms with Gasteiger partial charge in [0.2, 0.25) is 0 Å². The SMILES string of the molecule is COCCNCc1ccc(Cl)cc1N1CCC(C)C1. The number of nitrogens with one attached hydrogen (secondary N) is 1. The maximum Gasteiger partial charge on any atom is 0.0587 e. The van der Waals surface area contributed by atoms with Gasteiger partial charge in [0.15, 0.2) is 0 Å². The van der Waals surface area contributed by atoms with E-state index in [1.165, 1.54) is 17.7 Å². The molecule has 1 atom stereocenters. The van der Waals surface area contributed by atoms with Crippen LogP contribution >= 0.6 is 11.6 Å². The second-order valence-electron chi connectivity index (χ2n) is 5.28. The fourth-order valence-electron chi connectivity index (χ4n) is 2.53. The molecule has 1 N–H and O–H groups in total. The van der Waals surface area contributed by atoms with Crippen LogP contribution in [0.3, 0.4) is 0 Å². The van der Waals surface area contributed by atoms with Crippen LogP contribution < -0.4 is 10.2 Å². The fraction of sp³-hybridized carbons (Fsp3) is 0.600. The second kappa shape index (κ2) is 7.13. The lowest BCUT2D eigenvalue weighted by molar-refractivity contribution is 0.199. The van der Waals surface area contributed by atoms with Crippen molar-refractivity contribution in [1.82, 2.24) is 5.32 Å². The molecule has 19 heavy (non-hydrogen) atoms. The van der Waals surface area contributed by atoms with E-state index in [2.05, 4.69) is 29.3 Å². The topological polar surface area (TPSA) is 24.5 Å². The van der Waals surface area contributed by atoms with Gasteiger partial charge in [-0.2, -0.15) is 0 Å². The average Bonchev–Trinajstić information content (AvgIpc) is 2.82. The molecule has 1 heterocycles. The molecule has 0 aliphatic carbocycles. The zero-order valence-electron chi connectivity index (χ0n) is 11.8. The van der Waals surface area contributed by atoms with Gasteiger partial charge in [-0.15, -0.1) is 0 Å². The molecule has 0 spiro atoms. The maximum atomic E-state index is 6.15. The van der Waals surface area contributed by atoms with Crippen molar-refractivity contribution in [2.24, 2.45) is 5.92 Å². The number of hydrogen-bond acceptors (Lipinski definition) is 3. The molecule has 4 heteroatoms. The predicted octanol–water partition coefficient (Wildman–Crippen LogP) is 2.92. The lowest BCUT2D eigenvalue weighted by Gasteiger charge is -2.22. The summed E-state index contributed by atoms with van der Waals surface area (Å²) < 4.78 is 5.05. The van der Waals surface area contributed by atoms with Crippen molar-refractivity contribution in [3.05, 3.63) is 28.8 Å². The lowest BCUT2D eigenvalue weighted by atomic mass is 10.1. The van der Waals surface area contributed by atoms with Crippen molar-refractivity contribution < 1.29 is 4.74 Å². The molecular weight excluding hydrogens is 260 g/mol. The first kappa shape index (κ1) is 14.6. The Morgan fingerprint density at radius 1 is 1.47 bits per heavy atom. The summed E-state index contributed by atoms with van der Waals surface area (Å²) in [5.74, 6) is 0.772. The summed E-state index contributed by atoms with van der Waals surface area (Å²) in [6.45, 7) is 7.04. The molecule has 0 saturated carbocycles. The van der Waals surface area contributed by atoms with E-state index in [-0.39, 0.29) is 0 Å². The Kier molecular flexibility index (Phi) is 5.49. The van der Waals surface area contributed by atoms with E-state index >= 15 is 0 Å². The van der Waals surface area contributed by atoms with Crippen molar-refractivity contribution in [1.29, 1.82) is 0 Å². The number of methoxy groups -OCH3 is 1. The second-order valence-corrected chi connectivity index (χ2v) is 5.72. The van der Waals surface area contributed by atoms with Gasteiger partial charge in [0.05, 0.1) is 6.61 Å². The quantitative estimate of drug-likeness (QED) is 0.812. The first-order chi connectivity index (χ1) is 9.20. The lowest BCUT2D eigenvalue weighted by Crippen LogP contribution is -2.24. The minimum absolute atomic E-state index is 0.740. The zero-order valence-corrected chi connectivity index (χ0v) is 12.5. The highest BCUT2D eigenvalue weighted by molar-refractivity contribution is 6.30. The summed E-state index contributed by atoms with van der Waals surface area (Å²) >= 11 is 6.15. The Hall–Kier alpha value is -0.770. The molecule has 0 bridgehead atoms. The molecule has 3 nitrogen and oxygen atoms in total. The molecule has 0 radical (unpaired) electrons. The van der Waals surface area contributed by atoms with Gasteiger partial charge in [0.25, 0.3) is 0 Å². The average molecular weight is 283 g/mol. The van der Waals surface area contributed by atoms with Crippen LogP contribution in [0, 0.1) is 5.92 Å². The van der Waals surface area contributed by atoms with E-state index in [0.717, 1.165) is 43.7 Å². The van der Waals surface area contributed by atoms with Crippen molar-refractivity contribution >= 4 is 17.3 Å². The highest BCUT2D eigenvalue weighted by Gasteiger charge is 2.21. The van der Waals surface area contributed by atoms with Crippen LogP contribution in [0.1, 0.15) is 18.9 Å². The first-order valence-corrected chi connectivity index (χ1v) is 7.31. The van der Waals surface area contributed by atoms with Crippen molar-refractivity contribution in [3.63, 3.8) is 0 Å². The van der Waals surface area contributed by atoms with Gasteiger partial charge in [-0.3, -0.25) is 0 Å². The van der Waals surface area contributed by atoms with Crippen LogP contribution in [0.5, 0.6) is 0 Å². The van der Waals surface area contributed by atoms with Crippen molar-refractivity contribution in [2.45, 2.75) is 19.9 Å². The van der Waals surface area contributed by atoms with E-state index in [1.807, 2.05) is 6.07 Å². The number of nitrogens with zero attached hydrogens (tertiary/aromatic N) is 1. The molecule has 2 rings (SSSR count). The maximum absolute atomic E-state index is 6.15. The molecular formula is C15H23ClN2O. The molecule has 1 unspecified atom stereocenters. The molecule has 1 saturated heterocycles. The van der Waals surface area contributed by atoms with Crippen molar-refractivity contribution in [3.8, 4) is 0 Å². The first-order valence-electron chi connectivity index (χ1n) is 6.93. The molecule has 1 aliphatic rings. The van der Waals surface area contributed by atoms with Gasteiger partial charge in [-0.1, -0.05) is 24.6 Å². The van der Waals surface area contributed by atoms with Gasteiger partial charge < -0.3 is 15.0 Å². The van der Waals surface area contributed by atoms with E-state index in [1.54, 1.807) is 7.11 Å². The van der Waals surface area contributed by atoms with E-state index in [0.29, 0.717) is 0 Å². The van der Waals surface area contributed by atoms with E-state index in [4.69, 9.17) is 16.3 Å². The number of benzene rings is 1. The number of hydrogen-bond donors (Lipinski definition) is 1. The molecule has 1 aromatic rings. The zero-order chi connectivity index (χ0) is 13.7. The monoisotopic (exact) mass is 282 g/mol. The van der Waals surface area contributed by atoms with E-state index in [9.17, 15) is 0 Å².